The number of fused-ring (bicyclic) bond motifs is 1. The molecule has 0 aliphatic carbocycles. The van der Waals surface area contributed by atoms with Crippen molar-refractivity contribution < 1.29 is 0 Å². The van der Waals surface area contributed by atoms with Crippen LogP contribution in [0.15, 0.2) is 42.6 Å². The zero-order valence-corrected chi connectivity index (χ0v) is 6.51. The maximum absolute atomic E-state index is 6.50. The quantitative estimate of drug-likeness (QED) is 0.587. The van der Waals surface area contributed by atoms with E-state index in [1.807, 2.05) is 30.5 Å². The van der Waals surface area contributed by atoms with E-state index in [1.54, 1.807) is 0 Å². The first-order valence-electron chi connectivity index (χ1n) is 3.52. The van der Waals surface area contributed by atoms with Gasteiger partial charge in [-0.3, -0.25) is 4.98 Å². The Morgan fingerprint density at radius 2 is 1.67 bits per heavy atom. The van der Waals surface area contributed by atoms with Gasteiger partial charge in [0.25, 0.3) is 0 Å². The van der Waals surface area contributed by atoms with Gasteiger partial charge < -0.3 is 0 Å². The summed E-state index contributed by atoms with van der Waals surface area (Å²) in [6.45, 7) is 3.50. The van der Waals surface area contributed by atoms with E-state index in [2.05, 4.69) is 23.7 Å². The number of benzene rings is 1. The third kappa shape index (κ3) is 1.58. The number of hydrogen-bond acceptors (Lipinski definition) is 2. The number of para-hydroxylation sites is 1. The van der Waals surface area contributed by atoms with Crippen LogP contribution >= 0.6 is 0 Å². The Kier molecular flexibility index (Phi) is 2.80. The van der Waals surface area contributed by atoms with Crippen molar-refractivity contribution in [2.24, 2.45) is 0 Å². The lowest BCUT2D eigenvalue weighted by Gasteiger charge is -1.91. The topological polar surface area (TPSA) is 36.7 Å². The molecular formula is C10H8N2. The third-order valence-corrected chi connectivity index (χ3v) is 1.51. The second kappa shape index (κ2) is 4.09. The van der Waals surface area contributed by atoms with Crippen molar-refractivity contribution in [3.8, 4) is 6.57 Å². The molecule has 0 bridgehead atoms. The molecule has 0 saturated carbocycles. The van der Waals surface area contributed by atoms with Gasteiger partial charge >= 0.3 is 0 Å². The summed E-state index contributed by atoms with van der Waals surface area (Å²) in [5.74, 6) is 0. The lowest BCUT2D eigenvalue weighted by molar-refractivity contribution is 1.41. The van der Waals surface area contributed by atoms with Crippen LogP contribution in [-0.4, -0.2) is 4.98 Å². The Morgan fingerprint density at radius 3 is 2.42 bits per heavy atom. The molecule has 0 aliphatic rings. The standard InChI is InChI=1S/C9H7N.CHN/c1-2-6-9-8(4-1)5-3-7-10-9;1-2/h1-7H;1H. The maximum Gasteiger partial charge on any atom is 0.0701 e. The Balaban J connectivity index is 0.000000336. The highest BCUT2D eigenvalue weighted by Gasteiger charge is 1.86. The van der Waals surface area contributed by atoms with Gasteiger partial charge in [0.15, 0.2) is 0 Å². The van der Waals surface area contributed by atoms with Crippen molar-refractivity contribution in [3.05, 3.63) is 42.6 Å². The summed E-state index contributed by atoms with van der Waals surface area (Å²) < 4.78 is 0. The van der Waals surface area contributed by atoms with E-state index < -0.39 is 0 Å². The summed E-state index contributed by atoms with van der Waals surface area (Å²) in [6.07, 6.45) is 1.81. The Hall–Kier alpha value is -1.88. The van der Waals surface area contributed by atoms with E-state index in [4.69, 9.17) is 5.26 Å². The van der Waals surface area contributed by atoms with Crippen LogP contribution in [0.1, 0.15) is 0 Å². The first-order valence-corrected chi connectivity index (χ1v) is 3.52. The van der Waals surface area contributed by atoms with Crippen LogP contribution in [0.4, 0.5) is 0 Å². The van der Waals surface area contributed by atoms with Gasteiger partial charge in [0.05, 0.1) is 5.52 Å². The lowest BCUT2D eigenvalue weighted by Crippen LogP contribution is -1.73. The molecule has 0 radical (unpaired) electrons. The minimum absolute atomic E-state index is 1.06. The van der Waals surface area contributed by atoms with Crippen LogP contribution in [0, 0.1) is 11.8 Å². The molecule has 0 aliphatic heterocycles. The first kappa shape index (κ1) is 8.22. The van der Waals surface area contributed by atoms with Crippen LogP contribution in [0.5, 0.6) is 0 Å². The fourth-order valence-electron chi connectivity index (χ4n) is 1.02. The van der Waals surface area contributed by atoms with Crippen molar-refractivity contribution in [2.75, 3.05) is 0 Å². The second-order valence-electron chi connectivity index (χ2n) is 2.20. The van der Waals surface area contributed by atoms with Crippen molar-refractivity contribution >= 4 is 10.9 Å². The van der Waals surface area contributed by atoms with Gasteiger partial charge in [-0.1, -0.05) is 24.3 Å². The highest BCUT2D eigenvalue weighted by Crippen LogP contribution is 2.07. The average molecular weight is 156 g/mol. The molecule has 2 heteroatoms. The second-order valence-corrected chi connectivity index (χ2v) is 2.20. The van der Waals surface area contributed by atoms with Gasteiger partial charge in [-0.25, -0.2) is 5.26 Å². The summed E-state index contributed by atoms with van der Waals surface area (Å²) in [5.41, 5.74) is 1.06. The van der Waals surface area contributed by atoms with E-state index in [0.717, 1.165) is 5.52 Å². The van der Waals surface area contributed by atoms with Gasteiger partial charge in [-0.2, -0.15) is 0 Å². The molecule has 0 atom stereocenters. The monoisotopic (exact) mass is 156 g/mol. The summed E-state index contributed by atoms with van der Waals surface area (Å²) in [7, 11) is 0. The van der Waals surface area contributed by atoms with Gasteiger partial charge in [0.1, 0.15) is 0 Å². The summed E-state index contributed by atoms with van der Waals surface area (Å²) in [6, 6.07) is 12.1. The predicted molar refractivity (Wildman–Crippen MR) is 48.4 cm³/mol. The Bertz CT molecular complexity index is 314. The molecule has 0 saturated heterocycles. The van der Waals surface area contributed by atoms with E-state index in [0.29, 0.717) is 0 Å². The summed E-state index contributed by atoms with van der Waals surface area (Å²) in [4.78, 5) is 4.18. The normalized spacial score (nSPS) is 8.50. The van der Waals surface area contributed by atoms with Crippen LogP contribution in [0.25, 0.3) is 10.9 Å². The number of aromatic nitrogens is 1. The van der Waals surface area contributed by atoms with Crippen molar-refractivity contribution in [2.45, 2.75) is 0 Å². The molecule has 2 rings (SSSR count). The van der Waals surface area contributed by atoms with Crippen LogP contribution < -0.4 is 0 Å². The maximum atomic E-state index is 6.50. The molecule has 1 heterocycles. The van der Waals surface area contributed by atoms with E-state index in [9.17, 15) is 0 Å². The molecule has 12 heavy (non-hydrogen) atoms. The molecule has 2 nitrogen and oxygen atoms in total. The summed E-state index contributed by atoms with van der Waals surface area (Å²) in [5, 5.41) is 7.70. The average Bonchev–Trinajstić information content (AvgIpc) is 2.21. The van der Waals surface area contributed by atoms with Gasteiger partial charge in [0.2, 0.25) is 0 Å². The Morgan fingerprint density at radius 1 is 1.00 bits per heavy atom. The Labute approximate surface area is 71.1 Å². The van der Waals surface area contributed by atoms with E-state index in [1.165, 1.54) is 5.39 Å². The SMILES string of the molecule is C#N.c1ccc2ncccc2c1. The van der Waals surface area contributed by atoms with Crippen LogP contribution in [-0.2, 0) is 0 Å². The third-order valence-electron chi connectivity index (χ3n) is 1.51. The zero-order valence-electron chi connectivity index (χ0n) is 6.51. The highest BCUT2D eigenvalue weighted by atomic mass is 14.6. The number of pyridine rings is 1. The molecule has 0 N–H and O–H groups in total. The largest absolute Gasteiger partial charge is 0.256 e. The van der Waals surface area contributed by atoms with Crippen molar-refractivity contribution in [3.63, 3.8) is 0 Å². The molecule has 1 aromatic carbocycles. The fraction of sp³-hybridized carbons (Fsp3) is 0. The van der Waals surface area contributed by atoms with Crippen molar-refractivity contribution in [1.82, 2.24) is 4.98 Å². The molecule has 0 amide bonds. The summed E-state index contributed by atoms with van der Waals surface area (Å²) >= 11 is 0. The molecule has 0 fully saturated rings. The number of nitrogens with zero attached hydrogens (tertiary/aromatic N) is 2. The molecule has 2 aromatic rings. The van der Waals surface area contributed by atoms with Crippen LogP contribution in [0.3, 0.4) is 0 Å². The fourth-order valence-corrected chi connectivity index (χ4v) is 1.02. The van der Waals surface area contributed by atoms with Gasteiger partial charge in [-0.05, 0) is 12.1 Å². The molecule has 58 valence electrons. The molecular weight excluding hydrogens is 148 g/mol. The molecule has 0 spiro atoms. The van der Waals surface area contributed by atoms with Crippen molar-refractivity contribution in [1.29, 1.82) is 5.26 Å². The first-order chi connectivity index (χ1) is 5.97. The zero-order chi connectivity index (χ0) is 8.81. The number of rotatable bonds is 0. The molecule has 1 aromatic heterocycles. The minimum Gasteiger partial charge on any atom is -0.256 e. The van der Waals surface area contributed by atoms with E-state index in [-0.39, 0.29) is 0 Å². The van der Waals surface area contributed by atoms with Crippen LogP contribution in [0.2, 0.25) is 0 Å². The smallest absolute Gasteiger partial charge is 0.0701 e. The minimum atomic E-state index is 1.06. The highest BCUT2D eigenvalue weighted by molar-refractivity contribution is 5.77. The van der Waals surface area contributed by atoms with Gasteiger partial charge in [-0.15, -0.1) is 0 Å². The molecule has 0 unspecified atom stereocenters. The van der Waals surface area contributed by atoms with Gasteiger partial charge in [0, 0.05) is 18.2 Å². The predicted octanol–water partition coefficient (Wildman–Crippen LogP) is 2.37. The lowest BCUT2D eigenvalue weighted by atomic mass is 10.2. The number of hydrogen-bond donors (Lipinski definition) is 0. The van der Waals surface area contributed by atoms with E-state index >= 15 is 0 Å². The number of nitriles is 1.